The third-order valence-electron chi connectivity index (χ3n) is 2.87. The van der Waals surface area contributed by atoms with E-state index in [1.54, 1.807) is 11.8 Å². The van der Waals surface area contributed by atoms with Crippen LogP contribution in [0.25, 0.3) is 0 Å². The average molecular weight is 267 g/mol. The van der Waals surface area contributed by atoms with Crippen LogP contribution in [-0.4, -0.2) is 23.2 Å². The van der Waals surface area contributed by atoms with E-state index in [2.05, 4.69) is 0 Å². The van der Waals surface area contributed by atoms with Crippen molar-refractivity contribution in [1.29, 1.82) is 0 Å². The second-order valence-electron chi connectivity index (χ2n) is 4.15. The number of thioether (sulfide) groups is 1. The Bertz CT molecular complexity index is 460. The van der Waals surface area contributed by atoms with E-state index in [0.29, 0.717) is 6.42 Å². The molecule has 0 N–H and O–H groups in total. The van der Waals surface area contributed by atoms with Crippen LogP contribution < -0.4 is 0 Å². The van der Waals surface area contributed by atoms with Gasteiger partial charge in [-0.25, -0.2) is 0 Å². The zero-order chi connectivity index (χ0) is 13.1. The number of carbonyl (C=O) groups excluding carboxylic acids is 1. The molecule has 1 aliphatic carbocycles. The number of nitrogens with zero attached hydrogens (tertiary/aromatic N) is 1. The highest BCUT2D eigenvalue weighted by Crippen LogP contribution is 2.34. The van der Waals surface area contributed by atoms with E-state index in [9.17, 15) is 14.9 Å². The number of hydrogen-bond acceptors (Lipinski definition) is 5. The SMILES string of the molecule is CSc1ccc(COC(=O)[C@@H]2C[C@@H]2[N+](=O)[O-])cc1. The number of carbonyl (C=O) groups is 1. The Morgan fingerprint density at radius 1 is 1.50 bits per heavy atom. The van der Waals surface area contributed by atoms with Crippen LogP contribution in [0.2, 0.25) is 0 Å². The molecule has 2 atom stereocenters. The third kappa shape index (κ3) is 3.01. The summed E-state index contributed by atoms with van der Waals surface area (Å²) in [5, 5.41) is 10.4. The van der Waals surface area contributed by atoms with Crippen molar-refractivity contribution in [3.63, 3.8) is 0 Å². The summed E-state index contributed by atoms with van der Waals surface area (Å²) in [6.45, 7) is 0.175. The highest BCUT2D eigenvalue weighted by atomic mass is 32.2. The Labute approximate surface area is 109 Å². The number of benzene rings is 1. The molecule has 0 radical (unpaired) electrons. The van der Waals surface area contributed by atoms with Gasteiger partial charge in [-0.1, -0.05) is 12.1 Å². The summed E-state index contributed by atoms with van der Waals surface area (Å²) in [6, 6.07) is 6.93. The van der Waals surface area contributed by atoms with Crippen LogP contribution >= 0.6 is 11.8 Å². The van der Waals surface area contributed by atoms with E-state index in [1.165, 1.54) is 0 Å². The monoisotopic (exact) mass is 267 g/mol. The first-order chi connectivity index (χ1) is 8.61. The number of hydrogen-bond donors (Lipinski definition) is 0. The number of nitro groups is 1. The van der Waals surface area contributed by atoms with Gasteiger partial charge in [0.1, 0.15) is 12.5 Å². The fourth-order valence-electron chi connectivity index (χ4n) is 1.65. The van der Waals surface area contributed by atoms with Crippen LogP contribution in [0.3, 0.4) is 0 Å². The standard InChI is InChI=1S/C12H13NO4S/c1-18-9-4-2-8(3-5-9)7-17-12(14)10-6-11(10)13(15)16/h2-5,10-11H,6-7H2,1H3/t10-,11+/m1/s1. The molecule has 18 heavy (non-hydrogen) atoms. The molecule has 0 spiro atoms. The quantitative estimate of drug-likeness (QED) is 0.354. The molecule has 1 aromatic carbocycles. The number of esters is 1. The molecule has 96 valence electrons. The predicted octanol–water partition coefficient (Wildman–Crippen LogP) is 2.12. The maximum atomic E-state index is 11.5. The average Bonchev–Trinajstić information content (AvgIpc) is 3.17. The molecule has 0 saturated heterocycles. The largest absolute Gasteiger partial charge is 0.460 e. The smallest absolute Gasteiger partial charge is 0.316 e. The van der Waals surface area contributed by atoms with E-state index in [-0.39, 0.29) is 6.61 Å². The van der Waals surface area contributed by atoms with E-state index in [0.717, 1.165) is 10.5 Å². The molecule has 0 amide bonds. The first-order valence-corrected chi connectivity index (χ1v) is 6.77. The number of rotatable bonds is 5. The summed E-state index contributed by atoms with van der Waals surface area (Å²) in [5.41, 5.74) is 0.888. The van der Waals surface area contributed by atoms with Crippen molar-refractivity contribution in [2.75, 3.05) is 6.26 Å². The lowest BCUT2D eigenvalue weighted by Gasteiger charge is -2.04. The Morgan fingerprint density at radius 3 is 2.67 bits per heavy atom. The van der Waals surface area contributed by atoms with Crippen LogP contribution in [0, 0.1) is 16.0 Å². The Morgan fingerprint density at radius 2 is 2.17 bits per heavy atom. The van der Waals surface area contributed by atoms with Crippen molar-refractivity contribution >= 4 is 17.7 Å². The maximum Gasteiger partial charge on any atom is 0.316 e. The molecule has 0 heterocycles. The third-order valence-corrected chi connectivity index (χ3v) is 3.61. The van der Waals surface area contributed by atoms with Crippen LogP contribution in [0.4, 0.5) is 0 Å². The summed E-state index contributed by atoms with van der Waals surface area (Å²) >= 11 is 1.64. The minimum Gasteiger partial charge on any atom is -0.460 e. The molecule has 0 aromatic heterocycles. The normalized spacial score (nSPS) is 21.4. The highest BCUT2D eigenvalue weighted by Gasteiger charge is 2.54. The van der Waals surface area contributed by atoms with Gasteiger partial charge >= 0.3 is 5.97 Å². The second-order valence-corrected chi connectivity index (χ2v) is 5.03. The van der Waals surface area contributed by atoms with Crippen molar-refractivity contribution < 1.29 is 14.5 Å². The van der Waals surface area contributed by atoms with Gasteiger partial charge in [0.05, 0.1) is 0 Å². The molecule has 1 aromatic rings. The van der Waals surface area contributed by atoms with E-state index < -0.39 is 22.9 Å². The molecule has 2 rings (SSSR count). The van der Waals surface area contributed by atoms with Crippen molar-refractivity contribution in [2.45, 2.75) is 24.0 Å². The van der Waals surface area contributed by atoms with E-state index >= 15 is 0 Å². The summed E-state index contributed by atoms with van der Waals surface area (Å²) < 4.78 is 5.06. The van der Waals surface area contributed by atoms with Gasteiger partial charge in [-0.15, -0.1) is 11.8 Å². The summed E-state index contributed by atoms with van der Waals surface area (Å²) in [7, 11) is 0. The van der Waals surface area contributed by atoms with Crippen LogP contribution in [0.1, 0.15) is 12.0 Å². The lowest BCUT2D eigenvalue weighted by molar-refractivity contribution is -0.497. The minimum atomic E-state index is -0.739. The summed E-state index contributed by atoms with van der Waals surface area (Å²) in [6.07, 6.45) is 2.29. The molecule has 1 fully saturated rings. The Balaban J connectivity index is 1.81. The summed E-state index contributed by atoms with van der Waals surface area (Å²) in [5.74, 6) is -1.02. The molecule has 0 unspecified atom stereocenters. The van der Waals surface area contributed by atoms with Crippen LogP contribution in [0.15, 0.2) is 29.2 Å². The van der Waals surface area contributed by atoms with Crippen molar-refractivity contribution in [3.05, 3.63) is 39.9 Å². The van der Waals surface area contributed by atoms with Gasteiger partial charge in [0, 0.05) is 16.2 Å². The van der Waals surface area contributed by atoms with E-state index in [1.807, 2.05) is 30.5 Å². The van der Waals surface area contributed by atoms with Gasteiger partial charge < -0.3 is 4.74 Å². The van der Waals surface area contributed by atoms with Crippen molar-refractivity contribution in [1.82, 2.24) is 0 Å². The van der Waals surface area contributed by atoms with Gasteiger partial charge in [0.2, 0.25) is 6.04 Å². The minimum absolute atomic E-state index is 0.175. The maximum absolute atomic E-state index is 11.5. The Hall–Kier alpha value is -1.56. The van der Waals surface area contributed by atoms with Gasteiger partial charge in [-0.3, -0.25) is 14.9 Å². The summed E-state index contributed by atoms with van der Waals surface area (Å²) in [4.78, 5) is 22.6. The fourth-order valence-corrected chi connectivity index (χ4v) is 2.06. The van der Waals surface area contributed by atoms with Gasteiger partial charge in [0.25, 0.3) is 0 Å². The second kappa shape index (κ2) is 5.39. The predicted molar refractivity (Wildman–Crippen MR) is 66.9 cm³/mol. The first-order valence-electron chi connectivity index (χ1n) is 5.55. The lowest BCUT2D eigenvalue weighted by Crippen LogP contribution is -2.13. The molecular formula is C12H13NO4S. The van der Waals surface area contributed by atoms with Gasteiger partial charge in [-0.05, 0) is 24.0 Å². The fraction of sp³-hybridized carbons (Fsp3) is 0.417. The molecule has 1 saturated carbocycles. The van der Waals surface area contributed by atoms with Crippen LogP contribution in [0.5, 0.6) is 0 Å². The molecular weight excluding hydrogens is 254 g/mol. The highest BCUT2D eigenvalue weighted by molar-refractivity contribution is 7.98. The van der Waals surface area contributed by atoms with Crippen molar-refractivity contribution in [2.24, 2.45) is 5.92 Å². The molecule has 0 aliphatic heterocycles. The zero-order valence-corrected chi connectivity index (χ0v) is 10.7. The number of ether oxygens (including phenoxy) is 1. The molecule has 5 nitrogen and oxygen atoms in total. The topological polar surface area (TPSA) is 69.4 Å². The Kier molecular flexibility index (Phi) is 3.86. The van der Waals surface area contributed by atoms with Crippen molar-refractivity contribution in [3.8, 4) is 0 Å². The lowest BCUT2D eigenvalue weighted by atomic mass is 10.2. The van der Waals surface area contributed by atoms with Gasteiger partial charge in [0.15, 0.2) is 0 Å². The zero-order valence-electron chi connectivity index (χ0n) is 9.87. The molecule has 0 bridgehead atoms. The van der Waals surface area contributed by atoms with Gasteiger partial charge in [-0.2, -0.15) is 0 Å². The van der Waals surface area contributed by atoms with E-state index in [4.69, 9.17) is 4.74 Å². The first kappa shape index (κ1) is 12.9. The van der Waals surface area contributed by atoms with Crippen LogP contribution in [-0.2, 0) is 16.1 Å². The molecule has 1 aliphatic rings. The molecule has 6 heteroatoms.